The molecule has 1 unspecified atom stereocenters. The molecule has 1 aliphatic rings. The Kier molecular flexibility index (Phi) is 4.55. The first kappa shape index (κ1) is 15.0. The summed E-state index contributed by atoms with van der Waals surface area (Å²) < 4.78 is 13.4. The molecule has 1 aliphatic heterocycles. The first-order chi connectivity index (χ1) is 10.0. The summed E-state index contributed by atoms with van der Waals surface area (Å²) in [5, 5.41) is 2.62. The van der Waals surface area contributed by atoms with Gasteiger partial charge in [-0.05, 0) is 24.6 Å². The number of benzene rings is 1. The van der Waals surface area contributed by atoms with Crippen LogP contribution in [0.25, 0.3) is 0 Å². The number of carbonyl (C=O) groups excluding carboxylic acids is 2. The van der Waals surface area contributed by atoms with Crippen molar-refractivity contribution in [1.29, 1.82) is 0 Å². The number of rotatable bonds is 2. The normalized spacial score (nSPS) is 17.4. The van der Waals surface area contributed by atoms with Crippen LogP contribution in [0.15, 0.2) is 18.2 Å². The summed E-state index contributed by atoms with van der Waals surface area (Å²) in [6, 6.07) is 3.20. The maximum absolute atomic E-state index is 13.4. The predicted octanol–water partition coefficient (Wildman–Crippen LogP) is 0.0964. The van der Waals surface area contributed by atoms with Crippen molar-refractivity contribution >= 4 is 11.8 Å². The highest BCUT2D eigenvalue weighted by molar-refractivity contribution is 5.99. The number of hydrogen-bond donors (Lipinski definition) is 2. The van der Waals surface area contributed by atoms with E-state index in [1.165, 1.54) is 12.1 Å². The summed E-state index contributed by atoms with van der Waals surface area (Å²) in [5.41, 5.74) is 5.80. The summed E-state index contributed by atoms with van der Waals surface area (Å²) in [6.07, 6.45) is 0.542. The van der Waals surface area contributed by atoms with Crippen LogP contribution in [0.4, 0.5) is 4.39 Å². The summed E-state index contributed by atoms with van der Waals surface area (Å²) in [7, 11) is 1.68. The zero-order valence-corrected chi connectivity index (χ0v) is 11.6. The molecule has 21 heavy (non-hydrogen) atoms. The zero-order valence-electron chi connectivity index (χ0n) is 11.6. The predicted molar refractivity (Wildman–Crippen MR) is 75.8 cm³/mol. The minimum Gasteiger partial charge on any atom is -0.344 e. The van der Waals surface area contributed by atoms with E-state index in [-0.39, 0.29) is 18.0 Å². The molecule has 0 bridgehead atoms. The van der Waals surface area contributed by atoms with E-state index >= 15 is 0 Å². The molecule has 0 aliphatic carbocycles. The molecule has 1 aromatic rings. The maximum Gasteiger partial charge on any atom is 0.253 e. The minimum absolute atomic E-state index is 0.110. The van der Waals surface area contributed by atoms with Crippen molar-refractivity contribution in [3.8, 4) is 11.8 Å². The van der Waals surface area contributed by atoms with Crippen LogP contribution in [0, 0.1) is 17.7 Å². The number of hydrogen-bond acceptors (Lipinski definition) is 3. The van der Waals surface area contributed by atoms with E-state index in [0.29, 0.717) is 18.5 Å². The van der Waals surface area contributed by atoms with Gasteiger partial charge in [-0.15, -0.1) is 0 Å². The van der Waals surface area contributed by atoms with Gasteiger partial charge in [0.1, 0.15) is 11.9 Å². The van der Waals surface area contributed by atoms with Gasteiger partial charge in [0.05, 0.1) is 12.1 Å². The lowest BCUT2D eigenvalue weighted by molar-refractivity contribution is -0.128. The molecule has 3 N–H and O–H groups in total. The molecule has 2 amide bonds. The molecule has 1 heterocycles. The van der Waals surface area contributed by atoms with Crippen molar-refractivity contribution in [3.63, 3.8) is 0 Å². The van der Waals surface area contributed by atoms with Crippen LogP contribution < -0.4 is 11.1 Å². The Bertz CT molecular complexity index is 634. The molecule has 1 saturated heterocycles. The van der Waals surface area contributed by atoms with E-state index in [1.807, 2.05) is 0 Å². The zero-order chi connectivity index (χ0) is 15.4. The molecule has 110 valence electrons. The minimum atomic E-state index is -0.568. The van der Waals surface area contributed by atoms with Crippen LogP contribution in [0.2, 0.25) is 0 Å². The Morgan fingerprint density at radius 3 is 2.95 bits per heavy atom. The van der Waals surface area contributed by atoms with Crippen LogP contribution in [0.3, 0.4) is 0 Å². The molecule has 0 saturated carbocycles. The lowest BCUT2D eigenvalue weighted by atomic mass is 10.1. The summed E-state index contributed by atoms with van der Waals surface area (Å²) in [5.74, 6) is 4.17. The molecule has 0 aromatic heterocycles. The second kappa shape index (κ2) is 6.37. The number of amides is 2. The Labute approximate surface area is 122 Å². The Balaban J connectivity index is 2.22. The second-order valence-corrected chi connectivity index (χ2v) is 4.77. The lowest BCUT2D eigenvalue weighted by Gasteiger charge is -2.13. The Morgan fingerprint density at radius 2 is 2.33 bits per heavy atom. The molecule has 6 heteroatoms. The summed E-state index contributed by atoms with van der Waals surface area (Å²) in [6.45, 7) is 0.733. The fourth-order valence-corrected chi connectivity index (χ4v) is 2.15. The first-order valence-electron chi connectivity index (χ1n) is 6.57. The van der Waals surface area contributed by atoms with E-state index in [2.05, 4.69) is 17.2 Å². The molecular formula is C15H16FN3O2. The van der Waals surface area contributed by atoms with Crippen LogP contribution in [-0.4, -0.2) is 42.9 Å². The fraction of sp³-hybridized carbons (Fsp3) is 0.333. The van der Waals surface area contributed by atoms with Gasteiger partial charge < -0.3 is 16.0 Å². The summed E-state index contributed by atoms with van der Waals surface area (Å²) >= 11 is 0. The number of halogens is 1. The first-order valence-corrected chi connectivity index (χ1v) is 6.57. The average molecular weight is 289 g/mol. The summed E-state index contributed by atoms with van der Waals surface area (Å²) in [4.78, 5) is 25.6. The van der Waals surface area contributed by atoms with E-state index in [0.717, 1.165) is 6.07 Å². The standard InChI is InChI=1S/C15H16FN3O2/c1-19-8-6-13(15(19)21)18-14(20)12-9-11(16)5-4-10(12)3-2-7-17/h4-5,9,13H,6-8,17H2,1H3,(H,18,20). The molecule has 0 spiro atoms. The van der Waals surface area contributed by atoms with E-state index in [4.69, 9.17) is 5.73 Å². The Hall–Kier alpha value is -2.39. The number of nitrogens with two attached hydrogens (primary N) is 1. The lowest BCUT2D eigenvalue weighted by Crippen LogP contribution is -2.40. The third-order valence-electron chi connectivity index (χ3n) is 3.28. The SMILES string of the molecule is CN1CCC(NC(=O)c2cc(F)ccc2C#CCN)C1=O. The second-order valence-electron chi connectivity index (χ2n) is 4.77. The van der Waals surface area contributed by atoms with E-state index < -0.39 is 17.8 Å². The van der Waals surface area contributed by atoms with Gasteiger partial charge in [0.15, 0.2) is 0 Å². The van der Waals surface area contributed by atoms with Crippen molar-refractivity contribution in [2.45, 2.75) is 12.5 Å². The highest BCUT2D eigenvalue weighted by Gasteiger charge is 2.30. The van der Waals surface area contributed by atoms with Crippen molar-refractivity contribution in [2.75, 3.05) is 20.1 Å². The van der Waals surface area contributed by atoms with Gasteiger partial charge in [0.2, 0.25) is 5.91 Å². The number of likely N-dealkylation sites (N-methyl/N-ethyl adjacent to an activating group) is 1. The largest absolute Gasteiger partial charge is 0.344 e. The van der Waals surface area contributed by atoms with Crippen LogP contribution in [0.5, 0.6) is 0 Å². The highest BCUT2D eigenvalue weighted by Crippen LogP contribution is 2.13. The molecule has 0 radical (unpaired) electrons. The third-order valence-corrected chi connectivity index (χ3v) is 3.28. The topological polar surface area (TPSA) is 75.4 Å². The van der Waals surface area contributed by atoms with Crippen molar-refractivity contribution in [3.05, 3.63) is 35.1 Å². The van der Waals surface area contributed by atoms with Gasteiger partial charge in [0, 0.05) is 19.2 Å². The van der Waals surface area contributed by atoms with Gasteiger partial charge in [-0.3, -0.25) is 9.59 Å². The monoisotopic (exact) mass is 289 g/mol. The van der Waals surface area contributed by atoms with Crippen LogP contribution in [-0.2, 0) is 4.79 Å². The maximum atomic E-state index is 13.4. The van der Waals surface area contributed by atoms with E-state index in [9.17, 15) is 14.0 Å². The average Bonchev–Trinajstić information content (AvgIpc) is 2.78. The van der Waals surface area contributed by atoms with Gasteiger partial charge in [0.25, 0.3) is 5.91 Å². The van der Waals surface area contributed by atoms with Crippen molar-refractivity contribution < 1.29 is 14.0 Å². The number of carbonyl (C=O) groups is 2. The van der Waals surface area contributed by atoms with Crippen LogP contribution in [0.1, 0.15) is 22.3 Å². The van der Waals surface area contributed by atoms with Crippen molar-refractivity contribution in [1.82, 2.24) is 10.2 Å². The van der Waals surface area contributed by atoms with Gasteiger partial charge in [-0.25, -0.2) is 4.39 Å². The highest BCUT2D eigenvalue weighted by atomic mass is 19.1. The molecule has 2 rings (SSSR count). The van der Waals surface area contributed by atoms with Gasteiger partial charge >= 0.3 is 0 Å². The molecular weight excluding hydrogens is 273 g/mol. The third kappa shape index (κ3) is 3.38. The number of nitrogens with one attached hydrogen (secondary N) is 1. The fourth-order valence-electron chi connectivity index (χ4n) is 2.15. The number of likely N-dealkylation sites (tertiary alicyclic amines) is 1. The quantitative estimate of drug-likeness (QED) is 0.758. The molecule has 5 nitrogen and oxygen atoms in total. The molecule has 1 aromatic carbocycles. The Morgan fingerprint density at radius 1 is 1.57 bits per heavy atom. The molecule has 1 fully saturated rings. The van der Waals surface area contributed by atoms with Gasteiger partial charge in [-0.1, -0.05) is 11.8 Å². The van der Waals surface area contributed by atoms with Crippen LogP contribution >= 0.6 is 0 Å². The van der Waals surface area contributed by atoms with Crippen molar-refractivity contribution in [2.24, 2.45) is 5.73 Å². The van der Waals surface area contributed by atoms with Gasteiger partial charge in [-0.2, -0.15) is 0 Å². The smallest absolute Gasteiger partial charge is 0.253 e. The van der Waals surface area contributed by atoms with E-state index in [1.54, 1.807) is 11.9 Å². The number of nitrogens with zero attached hydrogens (tertiary/aromatic N) is 1. The molecule has 1 atom stereocenters.